The van der Waals surface area contributed by atoms with Crippen LogP contribution in [0.25, 0.3) is 0 Å². The van der Waals surface area contributed by atoms with Crippen molar-refractivity contribution in [2.24, 2.45) is 0 Å². The van der Waals surface area contributed by atoms with Crippen LogP contribution in [0.5, 0.6) is 0 Å². The van der Waals surface area contributed by atoms with E-state index in [1.807, 2.05) is 0 Å². The molecular weight excluding hydrogens is 276 g/mol. The van der Waals surface area contributed by atoms with E-state index in [2.05, 4.69) is 10.3 Å². The summed E-state index contributed by atoms with van der Waals surface area (Å²) < 4.78 is 0. The zero-order chi connectivity index (χ0) is 14.4. The van der Waals surface area contributed by atoms with Gasteiger partial charge in [0, 0.05) is 41.5 Å². The van der Waals surface area contributed by atoms with Crippen LogP contribution in [0.2, 0.25) is 5.02 Å². The summed E-state index contributed by atoms with van der Waals surface area (Å²) in [7, 11) is 0. The van der Waals surface area contributed by atoms with Gasteiger partial charge in [-0.05, 0) is 36.4 Å². The molecule has 0 unspecified atom stereocenters. The summed E-state index contributed by atoms with van der Waals surface area (Å²) in [4.78, 5) is 27.4. The van der Waals surface area contributed by atoms with E-state index in [1.54, 1.807) is 48.8 Å². The summed E-state index contributed by atoms with van der Waals surface area (Å²) in [6.45, 7) is 0. The van der Waals surface area contributed by atoms with E-state index in [0.717, 1.165) is 0 Å². The molecule has 2 aromatic rings. The number of nitrogens with zero attached hydrogens (tertiary/aromatic N) is 1. The predicted octanol–water partition coefficient (Wildman–Crippen LogP) is 3.34. The SMILES string of the molecule is O=C(CCC(=O)c1ccc(Cl)cc1)Nc1ccncc1. The Morgan fingerprint density at radius 1 is 1.00 bits per heavy atom. The minimum Gasteiger partial charge on any atom is -0.326 e. The Labute approximate surface area is 121 Å². The molecule has 0 aliphatic carbocycles. The molecule has 4 nitrogen and oxygen atoms in total. The number of ketones is 1. The van der Waals surface area contributed by atoms with Crippen molar-refractivity contribution < 1.29 is 9.59 Å². The zero-order valence-corrected chi connectivity index (χ0v) is 11.4. The lowest BCUT2D eigenvalue weighted by Crippen LogP contribution is -2.13. The van der Waals surface area contributed by atoms with Gasteiger partial charge in [-0.15, -0.1) is 0 Å². The minimum absolute atomic E-state index is 0.0773. The number of Topliss-reactive ketones (excluding diaryl/α,β-unsaturated/α-hetero) is 1. The van der Waals surface area contributed by atoms with Gasteiger partial charge in [-0.2, -0.15) is 0 Å². The van der Waals surface area contributed by atoms with Crippen LogP contribution in [-0.4, -0.2) is 16.7 Å². The number of hydrogen-bond donors (Lipinski definition) is 1. The average molecular weight is 289 g/mol. The molecule has 1 heterocycles. The molecule has 0 spiro atoms. The molecule has 0 bridgehead atoms. The van der Waals surface area contributed by atoms with Crippen molar-refractivity contribution in [3.8, 4) is 0 Å². The maximum Gasteiger partial charge on any atom is 0.224 e. The van der Waals surface area contributed by atoms with Crippen molar-refractivity contribution in [2.45, 2.75) is 12.8 Å². The minimum atomic E-state index is -0.196. The van der Waals surface area contributed by atoms with Gasteiger partial charge in [0.2, 0.25) is 5.91 Å². The lowest BCUT2D eigenvalue weighted by Gasteiger charge is -2.04. The third-order valence-corrected chi connectivity index (χ3v) is 2.96. The lowest BCUT2D eigenvalue weighted by atomic mass is 10.1. The van der Waals surface area contributed by atoms with Crippen LogP contribution >= 0.6 is 11.6 Å². The van der Waals surface area contributed by atoms with Crippen molar-refractivity contribution in [2.75, 3.05) is 5.32 Å². The molecule has 0 saturated heterocycles. The number of carbonyl (C=O) groups excluding carboxylic acids is 2. The summed E-state index contributed by atoms with van der Waals surface area (Å²) in [5, 5.41) is 3.29. The van der Waals surface area contributed by atoms with Crippen LogP contribution in [0.3, 0.4) is 0 Å². The first-order valence-electron chi connectivity index (χ1n) is 6.14. The van der Waals surface area contributed by atoms with E-state index in [-0.39, 0.29) is 24.5 Å². The quantitative estimate of drug-likeness (QED) is 0.859. The number of halogens is 1. The van der Waals surface area contributed by atoms with Crippen molar-refractivity contribution >= 4 is 29.0 Å². The molecule has 5 heteroatoms. The molecule has 1 amide bonds. The number of amides is 1. The monoisotopic (exact) mass is 288 g/mol. The fraction of sp³-hybridized carbons (Fsp3) is 0.133. The van der Waals surface area contributed by atoms with Crippen LogP contribution in [0, 0.1) is 0 Å². The number of anilines is 1. The van der Waals surface area contributed by atoms with Gasteiger partial charge < -0.3 is 5.32 Å². The molecule has 1 aromatic heterocycles. The van der Waals surface area contributed by atoms with Gasteiger partial charge >= 0.3 is 0 Å². The second-order valence-corrected chi connectivity index (χ2v) is 4.65. The zero-order valence-electron chi connectivity index (χ0n) is 10.7. The Kier molecular flexibility index (Phi) is 4.85. The van der Waals surface area contributed by atoms with Gasteiger partial charge in [0.25, 0.3) is 0 Å². The van der Waals surface area contributed by atoms with E-state index in [4.69, 9.17) is 11.6 Å². The van der Waals surface area contributed by atoms with Crippen LogP contribution in [0.15, 0.2) is 48.8 Å². The van der Waals surface area contributed by atoms with Crippen LogP contribution in [-0.2, 0) is 4.79 Å². The second-order valence-electron chi connectivity index (χ2n) is 4.21. The first-order valence-corrected chi connectivity index (χ1v) is 6.51. The molecule has 20 heavy (non-hydrogen) atoms. The van der Waals surface area contributed by atoms with Crippen LogP contribution < -0.4 is 5.32 Å². The first kappa shape index (κ1) is 14.2. The molecule has 0 radical (unpaired) electrons. The Balaban J connectivity index is 1.84. The fourth-order valence-electron chi connectivity index (χ4n) is 1.67. The molecule has 0 aliphatic rings. The third-order valence-electron chi connectivity index (χ3n) is 2.71. The summed E-state index contributed by atoms with van der Waals surface area (Å²) in [5.74, 6) is -0.273. The number of aromatic nitrogens is 1. The lowest BCUT2D eigenvalue weighted by molar-refractivity contribution is -0.116. The normalized spacial score (nSPS) is 10.1. The fourth-order valence-corrected chi connectivity index (χ4v) is 1.79. The highest BCUT2D eigenvalue weighted by atomic mass is 35.5. The molecule has 0 fully saturated rings. The van der Waals surface area contributed by atoms with Gasteiger partial charge in [0.05, 0.1) is 0 Å². The van der Waals surface area contributed by atoms with Gasteiger partial charge in [-0.1, -0.05) is 11.6 Å². The number of pyridine rings is 1. The molecule has 0 saturated carbocycles. The van der Waals surface area contributed by atoms with Crippen molar-refractivity contribution in [3.63, 3.8) is 0 Å². The number of hydrogen-bond acceptors (Lipinski definition) is 3. The average Bonchev–Trinajstić information content (AvgIpc) is 2.46. The number of benzene rings is 1. The Bertz CT molecular complexity index is 597. The summed E-state index contributed by atoms with van der Waals surface area (Å²) in [6, 6.07) is 10.0. The van der Waals surface area contributed by atoms with E-state index >= 15 is 0 Å². The maximum atomic E-state index is 11.9. The van der Waals surface area contributed by atoms with Crippen molar-refractivity contribution in [3.05, 3.63) is 59.4 Å². The van der Waals surface area contributed by atoms with Crippen molar-refractivity contribution in [1.82, 2.24) is 4.98 Å². The van der Waals surface area contributed by atoms with Gasteiger partial charge in [0.15, 0.2) is 5.78 Å². The van der Waals surface area contributed by atoms with E-state index in [0.29, 0.717) is 16.3 Å². The van der Waals surface area contributed by atoms with Crippen LogP contribution in [0.1, 0.15) is 23.2 Å². The highest BCUT2D eigenvalue weighted by Gasteiger charge is 2.09. The Hall–Kier alpha value is -2.20. The predicted molar refractivity (Wildman–Crippen MR) is 77.9 cm³/mol. The molecule has 1 aromatic carbocycles. The second kappa shape index (κ2) is 6.82. The first-order chi connectivity index (χ1) is 9.65. The topological polar surface area (TPSA) is 59.1 Å². The molecule has 102 valence electrons. The van der Waals surface area contributed by atoms with Gasteiger partial charge in [-0.25, -0.2) is 0 Å². The van der Waals surface area contributed by atoms with E-state index in [1.165, 1.54) is 0 Å². The molecule has 0 aliphatic heterocycles. The summed E-state index contributed by atoms with van der Waals surface area (Å²) in [5.41, 5.74) is 1.23. The Morgan fingerprint density at radius 2 is 1.65 bits per heavy atom. The number of nitrogens with one attached hydrogen (secondary N) is 1. The summed E-state index contributed by atoms with van der Waals surface area (Å²) >= 11 is 5.75. The standard InChI is InChI=1S/C15H13ClN2O2/c16-12-3-1-11(2-4-12)14(19)5-6-15(20)18-13-7-9-17-10-8-13/h1-4,7-10H,5-6H2,(H,17,18,20). The largest absolute Gasteiger partial charge is 0.326 e. The smallest absolute Gasteiger partial charge is 0.224 e. The highest BCUT2D eigenvalue weighted by Crippen LogP contribution is 2.12. The molecule has 2 rings (SSSR count). The van der Waals surface area contributed by atoms with E-state index in [9.17, 15) is 9.59 Å². The number of carbonyl (C=O) groups is 2. The van der Waals surface area contributed by atoms with Crippen molar-refractivity contribution in [1.29, 1.82) is 0 Å². The third kappa shape index (κ3) is 4.17. The molecular formula is C15H13ClN2O2. The molecule has 0 atom stereocenters. The van der Waals surface area contributed by atoms with Crippen LogP contribution in [0.4, 0.5) is 5.69 Å². The van der Waals surface area contributed by atoms with E-state index < -0.39 is 0 Å². The number of rotatable bonds is 5. The Morgan fingerprint density at radius 3 is 2.30 bits per heavy atom. The molecule has 1 N–H and O–H groups in total. The highest BCUT2D eigenvalue weighted by molar-refractivity contribution is 6.30. The van der Waals surface area contributed by atoms with Gasteiger partial charge in [0.1, 0.15) is 0 Å². The summed E-state index contributed by atoms with van der Waals surface area (Å²) in [6.07, 6.45) is 3.49. The van der Waals surface area contributed by atoms with Gasteiger partial charge in [-0.3, -0.25) is 14.6 Å². The maximum absolute atomic E-state index is 11.9.